The summed E-state index contributed by atoms with van der Waals surface area (Å²) in [4.78, 5) is 10.8. The Kier molecular flexibility index (Phi) is 4.72. The molecular formula is C12H13F3O3. The normalized spacial score (nSPS) is 13.3. The van der Waals surface area contributed by atoms with Gasteiger partial charge in [0, 0.05) is 13.0 Å². The molecule has 1 N–H and O–H groups in total. The molecule has 0 amide bonds. The molecule has 0 aliphatic rings. The lowest BCUT2D eigenvalue weighted by Crippen LogP contribution is -2.26. The van der Waals surface area contributed by atoms with E-state index in [0.29, 0.717) is 0 Å². The maximum absolute atomic E-state index is 12.5. The Bertz CT molecular complexity index is 415. The lowest BCUT2D eigenvalue weighted by Gasteiger charge is -2.13. The smallest absolute Gasteiger partial charge is 0.416 e. The Morgan fingerprint density at radius 3 is 2.61 bits per heavy atom. The average molecular weight is 262 g/mol. The van der Waals surface area contributed by atoms with Gasteiger partial charge < -0.3 is 9.84 Å². The largest absolute Gasteiger partial charge is 0.479 e. The van der Waals surface area contributed by atoms with Gasteiger partial charge in [0.2, 0.25) is 0 Å². The van der Waals surface area contributed by atoms with Gasteiger partial charge in [-0.3, -0.25) is 0 Å². The van der Waals surface area contributed by atoms with Crippen LogP contribution in [0.15, 0.2) is 24.3 Å². The van der Waals surface area contributed by atoms with Crippen LogP contribution < -0.4 is 0 Å². The molecule has 0 radical (unpaired) electrons. The summed E-state index contributed by atoms with van der Waals surface area (Å²) >= 11 is 0. The van der Waals surface area contributed by atoms with Crippen LogP contribution in [-0.4, -0.2) is 23.8 Å². The summed E-state index contributed by atoms with van der Waals surface area (Å²) in [5.41, 5.74) is -0.508. The highest BCUT2D eigenvalue weighted by Gasteiger charge is 2.30. The van der Waals surface area contributed by atoms with Crippen LogP contribution in [-0.2, 0) is 22.1 Å². The van der Waals surface area contributed by atoms with Crippen molar-refractivity contribution in [3.63, 3.8) is 0 Å². The van der Waals surface area contributed by atoms with Crippen molar-refractivity contribution in [2.45, 2.75) is 25.6 Å². The third-order valence-electron chi connectivity index (χ3n) is 2.32. The van der Waals surface area contributed by atoms with Crippen LogP contribution in [0.3, 0.4) is 0 Å². The van der Waals surface area contributed by atoms with Gasteiger partial charge in [0.05, 0.1) is 5.56 Å². The minimum absolute atomic E-state index is 0.0902. The number of alkyl halides is 3. The van der Waals surface area contributed by atoms with Crippen LogP contribution in [0.4, 0.5) is 13.2 Å². The lowest BCUT2D eigenvalue weighted by molar-refractivity contribution is -0.149. The zero-order valence-electron chi connectivity index (χ0n) is 9.70. The first-order valence-corrected chi connectivity index (χ1v) is 5.35. The van der Waals surface area contributed by atoms with Crippen molar-refractivity contribution in [2.24, 2.45) is 0 Å². The first-order chi connectivity index (χ1) is 8.34. The van der Waals surface area contributed by atoms with E-state index >= 15 is 0 Å². The maximum Gasteiger partial charge on any atom is 0.416 e. The summed E-state index contributed by atoms with van der Waals surface area (Å²) in [5, 5.41) is 8.85. The molecule has 0 saturated heterocycles. The topological polar surface area (TPSA) is 46.5 Å². The van der Waals surface area contributed by atoms with E-state index in [1.807, 2.05) is 0 Å². The van der Waals surface area contributed by atoms with Gasteiger partial charge in [-0.15, -0.1) is 0 Å². The lowest BCUT2D eigenvalue weighted by atomic mass is 10.0. The molecule has 6 heteroatoms. The molecule has 1 aromatic carbocycles. The van der Waals surface area contributed by atoms with Crippen molar-refractivity contribution in [2.75, 3.05) is 6.61 Å². The number of aliphatic carboxylic acids is 1. The van der Waals surface area contributed by atoms with E-state index < -0.39 is 23.8 Å². The zero-order chi connectivity index (χ0) is 13.8. The van der Waals surface area contributed by atoms with Gasteiger partial charge in [-0.05, 0) is 18.6 Å². The van der Waals surface area contributed by atoms with Gasteiger partial charge in [0.25, 0.3) is 0 Å². The van der Waals surface area contributed by atoms with Crippen LogP contribution >= 0.6 is 0 Å². The van der Waals surface area contributed by atoms with Crippen LogP contribution in [0.25, 0.3) is 0 Å². The second-order valence-electron chi connectivity index (χ2n) is 3.68. The number of carboxylic acid groups (broad SMARTS) is 1. The van der Waals surface area contributed by atoms with Crippen molar-refractivity contribution >= 4 is 5.97 Å². The van der Waals surface area contributed by atoms with Crippen molar-refractivity contribution in [3.8, 4) is 0 Å². The maximum atomic E-state index is 12.5. The fraction of sp³-hybridized carbons (Fsp3) is 0.417. The second-order valence-corrected chi connectivity index (χ2v) is 3.68. The molecule has 1 atom stereocenters. The number of rotatable bonds is 5. The number of ether oxygens (including phenoxy) is 1. The van der Waals surface area contributed by atoms with Gasteiger partial charge in [-0.1, -0.05) is 18.2 Å². The molecule has 3 nitrogen and oxygen atoms in total. The van der Waals surface area contributed by atoms with Crippen molar-refractivity contribution in [1.29, 1.82) is 0 Å². The number of carboxylic acids is 1. The number of hydrogen-bond acceptors (Lipinski definition) is 2. The van der Waals surface area contributed by atoms with E-state index in [1.54, 1.807) is 6.92 Å². The SMILES string of the molecule is CCO[C@@H](Cc1cccc(C(F)(F)F)c1)C(=O)O. The fourth-order valence-corrected chi connectivity index (χ4v) is 1.51. The standard InChI is InChI=1S/C12H13F3O3/c1-2-18-10(11(16)17)7-8-4-3-5-9(6-8)12(13,14)15/h3-6,10H,2,7H2,1H3,(H,16,17)/t10-/m0/s1. The summed E-state index contributed by atoms with van der Waals surface area (Å²) in [6.07, 6.45) is -5.65. The molecule has 1 rings (SSSR count). The summed E-state index contributed by atoms with van der Waals surface area (Å²) in [7, 11) is 0. The second kappa shape index (κ2) is 5.86. The molecule has 0 fully saturated rings. The number of benzene rings is 1. The van der Waals surface area contributed by atoms with Crippen LogP contribution in [0.5, 0.6) is 0 Å². The first-order valence-electron chi connectivity index (χ1n) is 5.35. The molecule has 0 bridgehead atoms. The predicted octanol–water partition coefficient (Wildman–Crippen LogP) is 2.74. The van der Waals surface area contributed by atoms with Crippen LogP contribution in [0.1, 0.15) is 18.1 Å². The Morgan fingerprint density at radius 2 is 2.11 bits per heavy atom. The van der Waals surface area contributed by atoms with Gasteiger partial charge in [0.1, 0.15) is 0 Å². The summed E-state index contributed by atoms with van der Waals surface area (Å²) < 4.78 is 42.3. The highest BCUT2D eigenvalue weighted by molar-refractivity contribution is 5.72. The molecule has 0 heterocycles. The van der Waals surface area contributed by atoms with Gasteiger partial charge >= 0.3 is 12.1 Å². The first kappa shape index (κ1) is 14.5. The van der Waals surface area contributed by atoms with E-state index in [9.17, 15) is 18.0 Å². The summed E-state index contributed by atoms with van der Waals surface area (Å²) in [6.45, 7) is 1.82. The van der Waals surface area contributed by atoms with Gasteiger partial charge in [0.15, 0.2) is 6.10 Å². The number of carbonyl (C=O) groups is 1. The van der Waals surface area contributed by atoms with E-state index in [-0.39, 0.29) is 18.6 Å². The minimum atomic E-state index is -4.43. The highest BCUT2D eigenvalue weighted by Crippen LogP contribution is 2.29. The zero-order valence-corrected chi connectivity index (χ0v) is 9.70. The van der Waals surface area contributed by atoms with Crippen LogP contribution in [0, 0.1) is 0 Å². The highest BCUT2D eigenvalue weighted by atomic mass is 19.4. The van der Waals surface area contributed by atoms with Gasteiger partial charge in [-0.25, -0.2) is 4.79 Å². The molecule has 100 valence electrons. The molecule has 0 aliphatic heterocycles. The molecule has 0 spiro atoms. The third kappa shape index (κ3) is 4.03. The van der Waals surface area contributed by atoms with Crippen molar-refractivity contribution < 1.29 is 27.8 Å². The van der Waals surface area contributed by atoms with Crippen molar-refractivity contribution in [3.05, 3.63) is 35.4 Å². The monoisotopic (exact) mass is 262 g/mol. The molecule has 1 aromatic rings. The molecular weight excluding hydrogens is 249 g/mol. The fourth-order valence-electron chi connectivity index (χ4n) is 1.51. The average Bonchev–Trinajstić information content (AvgIpc) is 2.27. The molecule has 18 heavy (non-hydrogen) atoms. The Labute approximate surface area is 102 Å². The Hall–Kier alpha value is -1.56. The molecule has 0 aliphatic carbocycles. The predicted molar refractivity (Wildman–Crippen MR) is 58.2 cm³/mol. The quantitative estimate of drug-likeness (QED) is 0.887. The summed E-state index contributed by atoms with van der Waals surface area (Å²) in [6, 6.07) is 4.59. The summed E-state index contributed by atoms with van der Waals surface area (Å²) in [5.74, 6) is -1.19. The third-order valence-corrected chi connectivity index (χ3v) is 2.32. The number of halogens is 3. The van der Waals surface area contributed by atoms with E-state index in [4.69, 9.17) is 9.84 Å². The molecule has 0 aromatic heterocycles. The minimum Gasteiger partial charge on any atom is -0.479 e. The van der Waals surface area contributed by atoms with E-state index in [2.05, 4.69) is 0 Å². The molecule has 0 unspecified atom stereocenters. The van der Waals surface area contributed by atoms with Crippen LogP contribution in [0.2, 0.25) is 0 Å². The molecule has 0 saturated carbocycles. The Morgan fingerprint density at radius 1 is 1.44 bits per heavy atom. The van der Waals surface area contributed by atoms with E-state index in [0.717, 1.165) is 12.1 Å². The van der Waals surface area contributed by atoms with Crippen molar-refractivity contribution in [1.82, 2.24) is 0 Å². The number of hydrogen-bond donors (Lipinski definition) is 1. The van der Waals surface area contributed by atoms with E-state index in [1.165, 1.54) is 12.1 Å². The Balaban J connectivity index is 2.87. The van der Waals surface area contributed by atoms with Gasteiger partial charge in [-0.2, -0.15) is 13.2 Å².